The summed E-state index contributed by atoms with van der Waals surface area (Å²) in [5, 5.41) is 0. The molecule has 1 aliphatic rings. The van der Waals surface area contributed by atoms with Crippen LogP contribution in [0.4, 0.5) is 0 Å². The molecule has 15 heavy (non-hydrogen) atoms. The van der Waals surface area contributed by atoms with Crippen molar-refractivity contribution in [2.75, 3.05) is 13.6 Å². The molecule has 0 radical (unpaired) electrons. The monoisotopic (exact) mass is 204 g/mol. The summed E-state index contributed by atoms with van der Waals surface area (Å²) in [6.45, 7) is 0.346. The summed E-state index contributed by atoms with van der Waals surface area (Å²) in [6, 6.07) is 8.88. The van der Waals surface area contributed by atoms with Gasteiger partial charge in [0.25, 0.3) is 0 Å². The molecule has 1 amide bonds. The maximum Gasteiger partial charge on any atom is 0.231 e. The number of carbonyl (C=O) groups is 1. The molecule has 80 valence electrons. The zero-order valence-electron chi connectivity index (χ0n) is 8.94. The van der Waals surface area contributed by atoms with E-state index in [1.165, 1.54) is 11.1 Å². The molecule has 0 aliphatic heterocycles. The Balaban J connectivity index is 2.03. The molecule has 2 rings (SSSR count). The Bertz CT molecular complexity index is 351. The van der Waals surface area contributed by atoms with Crippen molar-refractivity contribution in [1.29, 1.82) is 0 Å². The van der Waals surface area contributed by atoms with E-state index in [2.05, 4.69) is 24.3 Å². The minimum absolute atomic E-state index is 0.256. The summed E-state index contributed by atoms with van der Waals surface area (Å²) < 4.78 is 0. The van der Waals surface area contributed by atoms with Gasteiger partial charge in [0.1, 0.15) is 0 Å². The SMILES string of the molecule is CN(CC(N)=O)C1Cc2ccccc2C1. The normalized spacial score (nSPS) is 15.6. The van der Waals surface area contributed by atoms with Crippen molar-refractivity contribution in [2.45, 2.75) is 18.9 Å². The van der Waals surface area contributed by atoms with Gasteiger partial charge in [0.15, 0.2) is 0 Å². The van der Waals surface area contributed by atoms with E-state index in [1.54, 1.807) is 0 Å². The lowest BCUT2D eigenvalue weighted by Crippen LogP contribution is -2.38. The largest absolute Gasteiger partial charge is 0.369 e. The van der Waals surface area contributed by atoms with Crippen LogP contribution in [0.1, 0.15) is 11.1 Å². The molecule has 1 aromatic rings. The summed E-state index contributed by atoms with van der Waals surface area (Å²) >= 11 is 0. The summed E-state index contributed by atoms with van der Waals surface area (Å²) in [6.07, 6.45) is 2.06. The molecular formula is C12H16N2O. The number of likely N-dealkylation sites (N-methyl/N-ethyl adjacent to an activating group) is 1. The molecule has 3 heteroatoms. The predicted molar refractivity (Wildman–Crippen MR) is 59.5 cm³/mol. The number of carbonyl (C=O) groups excluding carboxylic acids is 1. The lowest BCUT2D eigenvalue weighted by atomic mass is 10.1. The van der Waals surface area contributed by atoms with E-state index in [1.807, 2.05) is 11.9 Å². The van der Waals surface area contributed by atoms with Crippen molar-refractivity contribution in [1.82, 2.24) is 4.90 Å². The van der Waals surface area contributed by atoms with Crippen LogP contribution in [-0.2, 0) is 17.6 Å². The van der Waals surface area contributed by atoms with E-state index in [0.717, 1.165) is 12.8 Å². The van der Waals surface area contributed by atoms with Gasteiger partial charge in [-0.15, -0.1) is 0 Å². The second kappa shape index (κ2) is 4.03. The fourth-order valence-corrected chi connectivity index (χ4v) is 2.22. The molecule has 0 unspecified atom stereocenters. The molecule has 0 atom stereocenters. The molecule has 0 saturated carbocycles. The highest BCUT2D eigenvalue weighted by Gasteiger charge is 2.24. The van der Waals surface area contributed by atoms with Gasteiger partial charge in [0.2, 0.25) is 5.91 Å². The van der Waals surface area contributed by atoms with E-state index in [9.17, 15) is 4.79 Å². The molecule has 0 heterocycles. The van der Waals surface area contributed by atoms with Crippen molar-refractivity contribution in [3.63, 3.8) is 0 Å². The van der Waals surface area contributed by atoms with Crippen molar-refractivity contribution >= 4 is 5.91 Å². The van der Waals surface area contributed by atoms with E-state index in [0.29, 0.717) is 12.6 Å². The van der Waals surface area contributed by atoms with Crippen molar-refractivity contribution in [2.24, 2.45) is 5.73 Å². The Morgan fingerprint density at radius 2 is 1.93 bits per heavy atom. The Kier molecular flexibility index (Phi) is 2.73. The van der Waals surface area contributed by atoms with Crippen LogP contribution >= 0.6 is 0 Å². The lowest BCUT2D eigenvalue weighted by molar-refractivity contribution is -0.119. The van der Waals surface area contributed by atoms with E-state index >= 15 is 0 Å². The molecular weight excluding hydrogens is 188 g/mol. The minimum atomic E-state index is -0.256. The number of hydrogen-bond acceptors (Lipinski definition) is 2. The van der Waals surface area contributed by atoms with Crippen LogP contribution in [0.15, 0.2) is 24.3 Å². The minimum Gasteiger partial charge on any atom is -0.369 e. The molecule has 2 N–H and O–H groups in total. The summed E-state index contributed by atoms with van der Waals surface area (Å²) in [7, 11) is 1.96. The zero-order valence-corrected chi connectivity index (χ0v) is 8.94. The maximum atomic E-state index is 10.8. The lowest BCUT2D eigenvalue weighted by Gasteiger charge is -2.22. The smallest absolute Gasteiger partial charge is 0.231 e. The third-order valence-electron chi connectivity index (χ3n) is 3.06. The number of rotatable bonds is 3. The molecule has 1 aromatic carbocycles. The van der Waals surface area contributed by atoms with Crippen LogP contribution in [0, 0.1) is 0 Å². The van der Waals surface area contributed by atoms with Gasteiger partial charge in [-0.05, 0) is 31.0 Å². The van der Waals surface area contributed by atoms with Gasteiger partial charge in [0.05, 0.1) is 6.54 Å². The molecule has 0 bridgehead atoms. The fraction of sp³-hybridized carbons (Fsp3) is 0.417. The number of nitrogens with zero attached hydrogens (tertiary/aromatic N) is 1. The number of hydrogen-bond donors (Lipinski definition) is 1. The number of fused-ring (bicyclic) bond motifs is 1. The summed E-state index contributed by atoms with van der Waals surface area (Å²) in [4.78, 5) is 12.9. The number of nitrogens with two attached hydrogens (primary N) is 1. The summed E-state index contributed by atoms with van der Waals surface area (Å²) in [5.74, 6) is -0.256. The van der Waals surface area contributed by atoms with Gasteiger partial charge in [-0.1, -0.05) is 24.3 Å². The first-order chi connectivity index (χ1) is 7.16. The van der Waals surface area contributed by atoms with Gasteiger partial charge >= 0.3 is 0 Å². The van der Waals surface area contributed by atoms with Gasteiger partial charge in [-0.3, -0.25) is 9.69 Å². The molecule has 1 aliphatic carbocycles. The molecule has 0 aromatic heterocycles. The van der Waals surface area contributed by atoms with Gasteiger partial charge in [-0.25, -0.2) is 0 Å². The highest BCUT2D eigenvalue weighted by atomic mass is 16.1. The first kappa shape index (κ1) is 10.2. The van der Waals surface area contributed by atoms with Crippen LogP contribution in [0.5, 0.6) is 0 Å². The van der Waals surface area contributed by atoms with Gasteiger partial charge in [-0.2, -0.15) is 0 Å². The first-order valence-corrected chi connectivity index (χ1v) is 5.22. The number of primary amides is 1. The Labute approximate surface area is 89.9 Å². The third kappa shape index (κ3) is 2.18. The average molecular weight is 204 g/mol. The Morgan fingerprint density at radius 3 is 2.40 bits per heavy atom. The molecule has 0 saturated heterocycles. The van der Waals surface area contributed by atoms with Crippen molar-refractivity contribution in [3.05, 3.63) is 35.4 Å². The van der Waals surface area contributed by atoms with Crippen LogP contribution in [0.2, 0.25) is 0 Å². The topological polar surface area (TPSA) is 46.3 Å². The van der Waals surface area contributed by atoms with Crippen molar-refractivity contribution in [3.8, 4) is 0 Å². The standard InChI is InChI=1S/C12H16N2O/c1-14(8-12(13)15)11-6-9-4-2-3-5-10(9)7-11/h2-5,11H,6-8H2,1H3,(H2,13,15). The first-order valence-electron chi connectivity index (χ1n) is 5.22. The quantitative estimate of drug-likeness (QED) is 0.782. The van der Waals surface area contributed by atoms with Crippen LogP contribution in [-0.4, -0.2) is 30.4 Å². The Morgan fingerprint density at radius 1 is 1.40 bits per heavy atom. The van der Waals surface area contributed by atoms with E-state index in [-0.39, 0.29) is 5.91 Å². The van der Waals surface area contributed by atoms with Crippen molar-refractivity contribution < 1.29 is 4.79 Å². The second-order valence-electron chi connectivity index (χ2n) is 4.21. The third-order valence-corrected chi connectivity index (χ3v) is 3.06. The molecule has 3 nitrogen and oxygen atoms in total. The zero-order chi connectivity index (χ0) is 10.8. The molecule has 0 fully saturated rings. The van der Waals surface area contributed by atoms with Gasteiger partial charge < -0.3 is 5.73 Å². The van der Waals surface area contributed by atoms with Crippen LogP contribution < -0.4 is 5.73 Å². The van der Waals surface area contributed by atoms with E-state index in [4.69, 9.17) is 5.73 Å². The Hall–Kier alpha value is -1.35. The fourth-order valence-electron chi connectivity index (χ4n) is 2.22. The second-order valence-corrected chi connectivity index (χ2v) is 4.21. The number of benzene rings is 1. The highest BCUT2D eigenvalue weighted by Crippen LogP contribution is 2.24. The number of amides is 1. The van der Waals surface area contributed by atoms with Crippen LogP contribution in [0.25, 0.3) is 0 Å². The predicted octanol–water partition coefficient (Wildman–Crippen LogP) is 0.571. The average Bonchev–Trinajstić information content (AvgIpc) is 2.59. The van der Waals surface area contributed by atoms with Crippen LogP contribution in [0.3, 0.4) is 0 Å². The summed E-state index contributed by atoms with van der Waals surface area (Å²) in [5.41, 5.74) is 7.99. The highest BCUT2D eigenvalue weighted by molar-refractivity contribution is 5.75. The maximum absolute atomic E-state index is 10.8. The van der Waals surface area contributed by atoms with E-state index < -0.39 is 0 Å². The molecule has 0 spiro atoms. The van der Waals surface area contributed by atoms with Gasteiger partial charge in [0, 0.05) is 6.04 Å².